The number of nitrogens with zero attached hydrogens (tertiary/aromatic N) is 1. The van der Waals surface area contributed by atoms with Crippen LogP contribution in [-0.4, -0.2) is 36.2 Å². The topological polar surface area (TPSA) is 35.5 Å². The molecule has 0 spiro atoms. The number of hydrogen-bond donors (Lipinski definition) is 2. The molecule has 22 heavy (non-hydrogen) atoms. The van der Waals surface area contributed by atoms with Gasteiger partial charge in [-0.2, -0.15) is 13.2 Å². The van der Waals surface area contributed by atoms with Gasteiger partial charge in [0.05, 0.1) is 5.56 Å². The summed E-state index contributed by atoms with van der Waals surface area (Å²) in [5, 5.41) is 12.8. The Labute approximate surface area is 138 Å². The SMILES string of the molecule is C[C@H](c1c(C(F)(F)F)ccc(F)c1O)N1CCNCC1.Cl.Cl. The van der Waals surface area contributed by atoms with Crippen molar-refractivity contribution in [2.45, 2.75) is 19.1 Å². The number of alkyl halides is 3. The summed E-state index contributed by atoms with van der Waals surface area (Å²) in [5.41, 5.74) is -1.37. The monoisotopic (exact) mass is 364 g/mol. The molecule has 0 radical (unpaired) electrons. The number of hydrogen-bond acceptors (Lipinski definition) is 3. The minimum Gasteiger partial charge on any atom is -0.505 e. The Hall–Kier alpha value is -0.760. The molecule has 0 amide bonds. The zero-order chi connectivity index (χ0) is 14.9. The zero-order valence-electron chi connectivity index (χ0n) is 11.8. The molecular weight excluding hydrogens is 347 g/mol. The molecule has 1 aromatic carbocycles. The summed E-state index contributed by atoms with van der Waals surface area (Å²) in [5.74, 6) is -1.94. The molecule has 1 aliphatic heterocycles. The van der Waals surface area contributed by atoms with Gasteiger partial charge < -0.3 is 10.4 Å². The molecule has 1 aromatic rings. The quantitative estimate of drug-likeness (QED) is 0.789. The normalized spacial score (nSPS) is 17.3. The van der Waals surface area contributed by atoms with Gasteiger partial charge >= 0.3 is 6.18 Å². The summed E-state index contributed by atoms with van der Waals surface area (Å²) < 4.78 is 52.5. The van der Waals surface area contributed by atoms with E-state index in [-0.39, 0.29) is 30.4 Å². The molecule has 2 rings (SSSR count). The highest BCUT2D eigenvalue weighted by Crippen LogP contribution is 2.41. The molecule has 3 nitrogen and oxygen atoms in total. The van der Waals surface area contributed by atoms with Crippen LogP contribution in [0.2, 0.25) is 0 Å². The van der Waals surface area contributed by atoms with Crippen LogP contribution in [0.25, 0.3) is 0 Å². The number of piperazine rings is 1. The average Bonchev–Trinajstić information content (AvgIpc) is 2.40. The maximum Gasteiger partial charge on any atom is 0.416 e. The van der Waals surface area contributed by atoms with Crippen molar-refractivity contribution in [1.29, 1.82) is 0 Å². The Balaban J connectivity index is 0.00000220. The van der Waals surface area contributed by atoms with Crippen molar-refractivity contribution in [3.05, 3.63) is 29.1 Å². The lowest BCUT2D eigenvalue weighted by Crippen LogP contribution is -2.44. The van der Waals surface area contributed by atoms with Crippen LogP contribution >= 0.6 is 24.8 Å². The third-order valence-electron chi connectivity index (χ3n) is 3.59. The standard InChI is InChI=1S/C13H16F4N2O.2ClH/c1-8(19-6-4-18-5-7-19)11-9(13(15,16)17)2-3-10(14)12(11)20;;/h2-3,8,18,20H,4-7H2,1H3;2*1H/t8-;;/m1../s1. The van der Waals surface area contributed by atoms with E-state index in [1.807, 2.05) is 0 Å². The molecule has 1 heterocycles. The van der Waals surface area contributed by atoms with Gasteiger partial charge in [0.25, 0.3) is 0 Å². The second kappa shape index (κ2) is 8.19. The molecule has 9 heteroatoms. The first-order valence-electron chi connectivity index (χ1n) is 6.35. The van der Waals surface area contributed by atoms with Crippen molar-refractivity contribution >= 4 is 24.8 Å². The number of phenolic OH excluding ortho intramolecular Hbond substituents is 1. The van der Waals surface area contributed by atoms with Crippen molar-refractivity contribution in [3.63, 3.8) is 0 Å². The first-order valence-corrected chi connectivity index (χ1v) is 6.35. The van der Waals surface area contributed by atoms with E-state index in [9.17, 15) is 22.7 Å². The van der Waals surface area contributed by atoms with Gasteiger partial charge in [0, 0.05) is 37.8 Å². The molecule has 0 aliphatic carbocycles. The Morgan fingerprint density at radius 1 is 1.18 bits per heavy atom. The van der Waals surface area contributed by atoms with E-state index >= 15 is 0 Å². The summed E-state index contributed by atoms with van der Waals surface area (Å²) in [4.78, 5) is 1.79. The second-order valence-electron chi connectivity index (χ2n) is 4.82. The Kier molecular flexibility index (Phi) is 7.91. The number of benzene rings is 1. The number of rotatable bonds is 2. The van der Waals surface area contributed by atoms with Gasteiger partial charge in [-0.05, 0) is 19.1 Å². The van der Waals surface area contributed by atoms with Crippen LogP contribution in [0.5, 0.6) is 5.75 Å². The average molecular weight is 365 g/mol. The van der Waals surface area contributed by atoms with E-state index < -0.39 is 29.3 Å². The van der Waals surface area contributed by atoms with E-state index in [2.05, 4.69) is 5.32 Å². The van der Waals surface area contributed by atoms with E-state index in [0.29, 0.717) is 38.3 Å². The summed E-state index contributed by atoms with van der Waals surface area (Å²) in [6, 6.07) is 0.624. The Bertz CT molecular complexity index is 494. The highest BCUT2D eigenvalue weighted by atomic mass is 35.5. The van der Waals surface area contributed by atoms with Crippen molar-refractivity contribution < 1.29 is 22.7 Å². The maximum absolute atomic E-state index is 13.4. The largest absolute Gasteiger partial charge is 0.505 e. The predicted octanol–water partition coefficient (Wildman–Crippen LogP) is 3.36. The van der Waals surface area contributed by atoms with Crippen LogP contribution in [0.15, 0.2) is 12.1 Å². The smallest absolute Gasteiger partial charge is 0.416 e. The fourth-order valence-electron chi connectivity index (χ4n) is 2.50. The molecule has 1 aliphatic rings. The van der Waals surface area contributed by atoms with Gasteiger partial charge in [0.15, 0.2) is 11.6 Å². The number of halogens is 6. The molecule has 0 saturated carbocycles. The molecule has 0 unspecified atom stereocenters. The van der Waals surface area contributed by atoms with Crippen molar-refractivity contribution in [3.8, 4) is 5.75 Å². The molecule has 1 saturated heterocycles. The Morgan fingerprint density at radius 2 is 1.73 bits per heavy atom. The summed E-state index contributed by atoms with van der Waals surface area (Å²) in [7, 11) is 0. The zero-order valence-corrected chi connectivity index (χ0v) is 13.4. The highest BCUT2D eigenvalue weighted by Gasteiger charge is 2.38. The number of nitrogens with one attached hydrogen (secondary N) is 1. The molecule has 0 bridgehead atoms. The van der Waals surface area contributed by atoms with Gasteiger partial charge in [0.2, 0.25) is 0 Å². The third kappa shape index (κ3) is 4.38. The van der Waals surface area contributed by atoms with E-state index in [4.69, 9.17) is 0 Å². The highest BCUT2D eigenvalue weighted by molar-refractivity contribution is 5.85. The van der Waals surface area contributed by atoms with Gasteiger partial charge in [-0.3, -0.25) is 4.90 Å². The molecule has 1 atom stereocenters. The first-order chi connectivity index (χ1) is 9.32. The number of phenols is 1. The van der Waals surface area contributed by atoms with Gasteiger partial charge in [-0.25, -0.2) is 4.39 Å². The lowest BCUT2D eigenvalue weighted by molar-refractivity contribution is -0.139. The van der Waals surface area contributed by atoms with Crippen LogP contribution in [0.1, 0.15) is 24.1 Å². The van der Waals surface area contributed by atoms with Crippen LogP contribution in [0.3, 0.4) is 0 Å². The molecule has 1 fully saturated rings. The predicted molar refractivity (Wildman–Crippen MR) is 80.4 cm³/mol. The first kappa shape index (κ1) is 21.2. The van der Waals surface area contributed by atoms with Gasteiger partial charge in [-0.15, -0.1) is 24.8 Å². The molecule has 2 N–H and O–H groups in total. The summed E-state index contributed by atoms with van der Waals surface area (Å²) in [6.07, 6.45) is -4.62. The van der Waals surface area contributed by atoms with Crippen molar-refractivity contribution in [2.75, 3.05) is 26.2 Å². The molecule has 0 aromatic heterocycles. The van der Waals surface area contributed by atoms with Gasteiger partial charge in [-0.1, -0.05) is 0 Å². The van der Waals surface area contributed by atoms with Gasteiger partial charge in [0.1, 0.15) is 0 Å². The fraction of sp³-hybridized carbons (Fsp3) is 0.538. The van der Waals surface area contributed by atoms with Crippen LogP contribution < -0.4 is 5.32 Å². The lowest BCUT2D eigenvalue weighted by atomic mass is 9.97. The van der Waals surface area contributed by atoms with E-state index in [1.165, 1.54) is 0 Å². The summed E-state index contributed by atoms with van der Waals surface area (Å²) in [6.45, 7) is 3.96. The number of aromatic hydroxyl groups is 1. The molecular formula is C13H18Cl2F4N2O. The Morgan fingerprint density at radius 3 is 2.23 bits per heavy atom. The molecule has 128 valence electrons. The van der Waals surface area contributed by atoms with Crippen LogP contribution in [0.4, 0.5) is 17.6 Å². The van der Waals surface area contributed by atoms with E-state index in [1.54, 1.807) is 11.8 Å². The third-order valence-corrected chi connectivity index (χ3v) is 3.59. The second-order valence-corrected chi connectivity index (χ2v) is 4.82. The summed E-state index contributed by atoms with van der Waals surface area (Å²) >= 11 is 0. The van der Waals surface area contributed by atoms with Crippen molar-refractivity contribution in [2.24, 2.45) is 0 Å². The maximum atomic E-state index is 13.4. The fourth-order valence-corrected chi connectivity index (χ4v) is 2.50. The minimum atomic E-state index is -4.62. The van der Waals surface area contributed by atoms with Crippen molar-refractivity contribution in [1.82, 2.24) is 10.2 Å². The van der Waals surface area contributed by atoms with Crippen LogP contribution in [0, 0.1) is 5.82 Å². The van der Waals surface area contributed by atoms with Crippen LogP contribution in [-0.2, 0) is 6.18 Å². The minimum absolute atomic E-state index is 0. The lowest BCUT2D eigenvalue weighted by Gasteiger charge is -2.34. The van der Waals surface area contributed by atoms with E-state index in [0.717, 1.165) is 0 Å².